The fourth-order valence-electron chi connectivity index (χ4n) is 4.65. The summed E-state index contributed by atoms with van der Waals surface area (Å²) >= 11 is 12.6. The summed E-state index contributed by atoms with van der Waals surface area (Å²) in [6.07, 6.45) is 2.33. The van der Waals surface area contributed by atoms with Gasteiger partial charge in [-0.25, -0.2) is 8.42 Å². The SMILES string of the molecule is CC[C@H](C)NC(=O)[C@@H](Cc1ccccc1)N(Cc1ccc(Cl)cc1Cl)C(=O)CCCN(c1ccccc1OC)S(C)(=O)=O. The highest BCUT2D eigenvalue weighted by Crippen LogP contribution is 2.30. The largest absolute Gasteiger partial charge is 0.495 e. The second kappa shape index (κ2) is 16.0. The summed E-state index contributed by atoms with van der Waals surface area (Å²) in [5.74, 6) is -0.175. The highest BCUT2D eigenvalue weighted by Gasteiger charge is 2.31. The van der Waals surface area contributed by atoms with Gasteiger partial charge in [0.2, 0.25) is 21.8 Å². The fourth-order valence-corrected chi connectivity index (χ4v) is 6.08. The van der Waals surface area contributed by atoms with Gasteiger partial charge in [-0.15, -0.1) is 0 Å². The van der Waals surface area contributed by atoms with E-state index in [1.54, 1.807) is 42.5 Å². The van der Waals surface area contributed by atoms with Crippen LogP contribution in [0.15, 0.2) is 72.8 Å². The number of nitrogens with one attached hydrogen (secondary N) is 1. The Labute approximate surface area is 265 Å². The van der Waals surface area contributed by atoms with E-state index in [9.17, 15) is 18.0 Å². The van der Waals surface area contributed by atoms with Gasteiger partial charge in [0, 0.05) is 42.0 Å². The van der Waals surface area contributed by atoms with Crippen LogP contribution in [-0.4, -0.2) is 57.1 Å². The number of hydrogen-bond acceptors (Lipinski definition) is 5. The molecule has 0 saturated heterocycles. The molecule has 0 fully saturated rings. The second-order valence-electron chi connectivity index (χ2n) is 10.4. The molecule has 0 unspecified atom stereocenters. The number of rotatable bonds is 15. The molecule has 1 N–H and O–H groups in total. The zero-order valence-electron chi connectivity index (χ0n) is 24.9. The summed E-state index contributed by atoms with van der Waals surface area (Å²) in [6.45, 7) is 4.01. The maximum Gasteiger partial charge on any atom is 0.243 e. The predicted octanol–water partition coefficient (Wildman–Crippen LogP) is 6.10. The van der Waals surface area contributed by atoms with Crippen molar-refractivity contribution in [1.29, 1.82) is 0 Å². The molecule has 0 heterocycles. The van der Waals surface area contributed by atoms with E-state index in [1.165, 1.54) is 16.3 Å². The molecule has 3 aromatic carbocycles. The maximum absolute atomic E-state index is 14.0. The summed E-state index contributed by atoms with van der Waals surface area (Å²) in [6, 6.07) is 20.4. The second-order valence-corrected chi connectivity index (χ2v) is 13.1. The van der Waals surface area contributed by atoms with Crippen molar-refractivity contribution < 1.29 is 22.7 Å². The summed E-state index contributed by atoms with van der Waals surface area (Å²) in [5, 5.41) is 3.87. The summed E-state index contributed by atoms with van der Waals surface area (Å²) < 4.78 is 32.1. The van der Waals surface area contributed by atoms with Crippen molar-refractivity contribution in [3.05, 3.63) is 94.0 Å². The van der Waals surface area contributed by atoms with E-state index in [-0.39, 0.29) is 50.2 Å². The van der Waals surface area contributed by atoms with Gasteiger partial charge in [-0.3, -0.25) is 13.9 Å². The molecule has 0 bridgehead atoms. The average molecular weight is 649 g/mol. The monoisotopic (exact) mass is 647 g/mol. The third-order valence-corrected chi connectivity index (χ3v) is 8.90. The molecule has 0 spiro atoms. The predicted molar refractivity (Wildman–Crippen MR) is 173 cm³/mol. The lowest BCUT2D eigenvalue weighted by molar-refractivity contribution is -0.141. The molecule has 2 atom stereocenters. The van der Waals surface area contributed by atoms with Gasteiger partial charge in [0.15, 0.2) is 0 Å². The van der Waals surface area contributed by atoms with Crippen LogP contribution in [0.2, 0.25) is 10.0 Å². The van der Waals surface area contributed by atoms with Crippen LogP contribution in [0.5, 0.6) is 5.75 Å². The Bertz CT molecular complexity index is 1490. The molecule has 0 aliphatic heterocycles. The minimum Gasteiger partial charge on any atom is -0.495 e. The lowest BCUT2D eigenvalue weighted by Crippen LogP contribution is -2.52. The fraction of sp³-hybridized carbons (Fsp3) is 0.375. The van der Waals surface area contributed by atoms with E-state index in [4.69, 9.17) is 27.9 Å². The Balaban J connectivity index is 1.94. The number of methoxy groups -OCH3 is 1. The standard InChI is InChI=1S/C32H39Cl2N3O5S/c1-5-23(2)35-32(39)29(20-24-12-7-6-8-13-24)36(22-25-17-18-26(33)21-27(25)34)31(38)16-11-19-37(43(4,40)41)28-14-9-10-15-30(28)42-3/h6-10,12-15,17-18,21,23,29H,5,11,16,19-20,22H2,1-4H3,(H,35,39)/t23-,29+/m0/s1. The van der Waals surface area contributed by atoms with Crippen molar-refractivity contribution in [2.24, 2.45) is 0 Å². The van der Waals surface area contributed by atoms with Crippen LogP contribution >= 0.6 is 23.2 Å². The average Bonchev–Trinajstić information content (AvgIpc) is 2.97. The van der Waals surface area contributed by atoms with Gasteiger partial charge >= 0.3 is 0 Å². The zero-order chi connectivity index (χ0) is 31.6. The molecule has 11 heteroatoms. The number of amides is 2. The third kappa shape index (κ3) is 9.88. The Morgan fingerprint density at radius 2 is 1.67 bits per heavy atom. The van der Waals surface area contributed by atoms with Gasteiger partial charge in [-0.2, -0.15) is 0 Å². The Hall–Kier alpha value is -3.27. The van der Waals surface area contributed by atoms with Crippen molar-refractivity contribution in [2.45, 2.75) is 58.2 Å². The highest BCUT2D eigenvalue weighted by molar-refractivity contribution is 7.92. The van der Waals surface area contributed by atoms with Crippen molar-refractivity contribution >= 4 is 50.7 Å². The van der Waals surface area contributed by atoms with Gasteiger partial charge in [-0.1, -0.05) is 78.7 Å². The molecule has 0 aromatic heterocycles. The zero-order valence-corrected chi connectivity index (χ0v) is 27.3. The maximum atomic E-state index is 14.0. The van der Waals surface area contributed by atoms with Gasteiger partial charge in [0.05, 0.1) is 19.1 Å². The van der Waals surface area contributed by atoms with Crippen molar-refractivity contribution in [3.63, 3.8) is 0 Å². The van der Waals surface area contributed by atoms with Gasteiger partial charge in [0.25, 0.3) is 0 Å². The van der Waals surface area contributed by atoms with Crippen LogP contribution in [0.25, 0.3) is 0 Å². The number of carbonyl (C=O) groups is 2. The minimum absolute atomic E-state index is 0.00568. The van der Waals surface area contributed by atoms with E-state index < -0.39 is 16.1 Å². The minimum atomic E-state index is -3.68. The van der Waals surface area contributed by atoms with E-state index in [1.807, 2.05) is 44.2 Å². The van der Waals surface area contributed by atoms with E-state index in [0.29, 0.717) is 27.0 Å². The lowest BCUT2D eigenvalue weighted by atomic mass is 10.0. The van der Waals surface area contributed by atoms with E-state index >= 15 is 0 Å². The number of benzene rings is 3. The van der Waals surface area contributed by atoms with Gasteiger partial charge in [0.1, 0.15) is 11.8 Å². The quantitative estimate of drug-likeness (QED) is 0.215. The molecular weight excluding hydrogens is 609 g/mol. The number of para-hydroxylation sites is 2. The number of halogens is 2. The molecule has 0 radical (unpaired) electrons. The number of nitrogens with zero attached hydrogens (tertiary/aromatic N) is 2. The van der Waals surface area contributed by atoms with Crippen LogP contribution in [0.3, 0.4) is 0 Å². The number of anilines is 1. The van der Waals surface area contributed by atoms with E-state index in [2.05, 4.69) is 5.32 Å². The summed E-state index contributed by atoms with van der Waals surface area (Å²) in [5.41, 5.74) is 1.92. The van der Waals surface area contributed by atoms with Crippen molar-refractivity contribution in [3.8, 4) is 5.75 Å². The van der Waals surface area contributed by atoms with Crippen molar-refractivity contribution in [2.75, 3.05) is 24.2 Å². The van der Waals surface area contributed by atoms with Crippen molar-refractivity contribution in [1.82, 2.24) is 10.2 Å². The van der Waals surface area contributed by atoms with Crippen LogP contribution < -0.4 is 14.4 Å². The molecule has 2 amide bonds. The molecule has 0 aliphatic carbocycles. The Morgan fingerprint density at radius 1 is 1.00 bits per heavy atom. The molecule has 43 heavy (non-hydrogen) atoms. The normalized spacial score (nSPS) is 12.7. The number of ether oxygens (including phenoxy) is 1. The molecule has 3 rings (SSSR count). The first-order valence-corrected chi connectivity index (χ1v) is 16.7. The molecule has 0 aliphatic rings. The summed E-state index contributed by atoms with van der Waals surface area (Å²) in [7, 11) is -2.21. The lowest BCUT2D eigenvalue weighted by Gasteiger charge is -2.33. The smallest absolute Gasteiger partial charge is 0.243 e. The number of sulfonamides is 1. The molecule has 8 nitrogen and oxygen atoms in total. The number of hydrogen-bond donors (Lipinski definition) is 1. The first-order chi connectivity index (χ1) is 20.4. The van der Waals surface area contributed by atoms with E-state index in [0.717, 1.165) is 18.2 Å². The van der Waals surface area contributed by atoms with Gasteiger partial charge < -0.3 is 15.0 Å². The molecular formula is C32H39Cl2N3O5S. The Morgan fingerprint density at radius 3 is 2.30 bits per heavy atom. The summed E-state index contributed by atoms with van der Waals surface area (Å²) in [4.78, 5) is 29.2. The topological polar surface area (TPSA) is 96.0 Å². The molecule has 3 aromatic rings. The molecule has 232 valence electrons. The Kier molecular flexibility index (Phi) is 12.7. The number of carbonyl (C=O) groups excluding carboxylic acids is 2. The van der Waals surface area contributed by atoms with Crippen LogP contribution in [0.1, 0.15) is 44.2 Å². The highest BCUT2D eigenvalue weighted by atomic mass is 35.5. The first-order valence-electron chi connectivity index (χ1n) is 14.1. The third-order valence-electron chi connectivity index (χ3n) is 7.13. The van der Waals surface area contributed by atoms with Crippen LogP contribution in [0, 0.1) is 0 Å². The first kappa shape index (κ1) is 34.2. The van der Waals surface area contributed by atoms with Gasteiger partial charge in [-0.05, 0) is 55.2 Å². The molecule has 0 saturated carbocycles. The van der Waals surface area contributed by atoms with Crippen LogP contribution in [0.4, 0.5) is 5.69 Å². The van der Waals surface area contributed by atoms with Crippen LogP contribution in [-0.2, 0) is 32.6 Å².